The van der Waals surface area contributed by atoms with Crippen molar-refractivity contribution in [1.29, 1.82) is 0 Å². The smallest absolute Gasteiger partial charge is 0.0934 e. The van der Waals surface area contributed by atoms with Crippen molar-refractivity contribution in [3.05, 3.63) is 59.5 Å². The van der Waals surface area contributed by atoms with Crippen LogP contribution in [-0.4, -0.2) is 26.8 Å². The van der Waals surface area contributed by atoms with Crippen LogP contribution in [-0.2, 0) is 17.6 Å². The molecule has 1 N–H and O–H groups in total. The first-order valence-corrected chi connectivity index (χ1v) is 7.54. The van der Waals surface area contributed by atoms with E-state index in [9.17, 15) is 0 Å². The van der Waals surface area contributed by atoms with Gasteiger partial charge in [-0.2, -0.15) is 0 Å². The molecule has 1 aromatic carbocycles. The highest BCUT2D eigenvalue weighted by Crippen LogP contribution is 2.16. The van der Waals surface area contributed by atoms with Crippen LogP contribution >= 0.6 is 0 Å². The van der Waals surface area contributed by atoms with Crippen LogP contribution in [0.4, 0.5) is 0 Å². The van der Waals surface area contributed by atoms with Gasteiger partial charge in [0.25, 0.3) is 0 Å². The van der Waals surface area contributed by atoms with E-state index < -0.39 is 0 Å². The first-order valence-electron chi connectivity index (χ1n) is 7.54. The number of hydrogen-bond donors (Lipinski definition) is 1. The second-order valence-electron chi connectivity index (χ2n) is 5.59. The molecule has 0 aliphatic heterocycles. The lowest BCUT2D eigenvalue weighted by Gasteiger charge is -2.17. The minimum atomic E-state index is 0.557. The van der Waals surface area contributed by atoms with Crippen LogP contribution in [0.1, 0.15) is 16.7 Å². The van der Waals surface area contributed by atoms with E-state index in [1.54, 1.807) is 13.4 Å². The molecule has 2 rings (SSSR count). The summed E-state index contributed by atoms with van der Waals surface area (Å²) in [5.74, 6) is 0.557. The number of aryl methyl sites for hydroxylation is 1. The zero-order valence-corrected chi connectivity index (χ0v) is 13.0. The molecule has 0 amide bonds. The third kappa shape index (κ3) is 5.74. The number of furan rings is 1. The molecule has 2 aromatic rings. The predicted octanol–water partition coefficient (Wildman–Crippen LogP) is 3.23. The number of ether oxygens (including phenoxy) is 1. The van der Waals surface area contributed by atoms with Gasteiger partial charge in [0, 0.05) is 13.7 Å². The van der Waals surface area contributed by atoms with Crippen molar-refractivity contribution in [2.75, 3.05) is 26.8 Å². The van der Waals surface area contributed by atoms with E-state index >= 15 is 0 Å². The minimum absolute atomic E-state index is 0.557. The van der Waals surface area contributed by atoms with E-state index in [0.717, 1.165) is 32.5 Å². The van der Waals surface area contributed by atoms with Crippen molar-refractivity contribution >= 4 is 0 Å². The first-order chi connectivity index (χ1) is 10.3. The zero-order chi connectivity index (χ0) is 14.9. The van der Waals surface area contributed by atoms with Gasteiger partial charge >= 0.3 is 0 Å². The zero-order valence-electron chi connectivity index (χ0n) is 13.0. The maximum Gasteiger partial charge on any atom is 0.0934 e. The highest BCUT2D eigenvalue weighted by atomic mass is 16.5. The highest BCUT2D eigenvalue weighted by Gasteiger charge is 2.11. The molecular weight excluding hydrogens is 262 g/mol. The number of hydrogen-bond acceptors (Lipinski definition) is 3. The fraction of sp³-hybridized carbons (Fsp3) is 0.444. The topological polar surface area (TPSA) is 34.4 Å². The number of benzene rings is 1. The molecule has 114 valence electrons. The minimum Gasteiger partial charge on any atom is -0.472 e. The normalized spacial score (nSPS) is 12.5. The molecule has 0 bridgehead atoms. The van der Waals surface area contributed by atoms with Gasteiger partial charge in [-0.05, 0) is 49.4 Å². The molecule has 1 atom stereocenters. The predicted molar refractivity (Wildman–Crippen MR) is 85.5 cm³/mol. The van der Waals surface area contributed by atoms with Gasteiger partial charge < -0.3 is 14.5 Å². The summed E-state index contributed by atoms with van der Waals surface area (Å²) in [5, 5.41) is 3.48. The van der Waals surface area contributed by atoms with Crippen molar-refractivity contribution in [3.63, 3.8) is 0 Å². The van der Waals surface area contributed by atoms with Crippen molar-refractivity contribution in [2.24, 2.45) is 5.92 Å². The van der Waals surface area contributed by atoms with Gasteiger partial charge in [0.1, 0.15) is 0 Å². The number of rotatable bonds is 9. The molecule has 0 aliphatic rings. The molecule has 1 heterocycles. The standard InChI is InChI=1S/C18H25NO2/c1-15-4-3-5-16(10-15)11-18(13-19-7-9-20-2)12-17-6-8-21-14-17/h3-6,8,10,14,18-19H,7,9,11-13H2,1-2H3. The Kier molecular flexibility index (Phi) is 6.51. The highest BCUT2D eigenvalue weighted by molar-refractivity contribution is 5.23. The Morgan fingerprint density at radius 2 is 2.05 bits per heavy atom. The molecule has 1 aromatic heterocycles. The summed E-state index contributed by atoms with van der Waals surface area (Å²) >= 11 is 0. The Balaban J connectivity index is 1.93. The molecular formula is C18H25NO2. The summed E-state index contributed by atoms with van der Waals surface area (Å²) in [5.41, 5.74) is 3.99. The summed E-state index contributed by atoms with van der Waals surface area (Å²) in [6.07, 6.45) is 5.70. The van der Waals surface area contributed by atoms with Gasteiger partial charge in [0.2, 0.25) is 0 Å². The molecule has 0 fully saturated rings. The summed E-state index contributed by atoms with van der Waals surface area (Å²) < 4.78 is 10.3. The average Bonchev–Trinajstić information content (AvgIpc) is 2.96. The van der Waals surface area contributed by atoms with Crippen LogP contribution in [0.25, 0.3) is 0 Å². The van der Waals surface area contributed by atoms with E-state index in [0.29, 0.717) is 5.92 Å². The average molecular weight is 287 g/mol. The van der Waals surface area contributed by atoms with Crippen LogP contribution in [0, 0.1) is 12.8 Å². The summed E-state index contributed by atoms with van der Waals surface area (Å²) in [7, 11) is 1.73. The Morgan fingerprint density at radius 1 is 1.19 bits per heavy atom. The fourth-order valence-electron chi connectivity index (χ4n) is 2.61. The maximum absolute atomic E-state index is 5.19. The van der Waals surface area contributed by atoms with Gasteiger partial charge in [-0.1, -0.05) is 29.8 Å². The van der Waals surface area contributed by atoms with Crippen LogP contribution in [0.5, 0.6) is 0 Å². The van der Waals surface area contributed by atoms with Crippen LogP contribution in [0.2, 0.25) is 0 Å². The molecule has 1 unspecified atom stereocenters. The third-order valence-corrected chi connectivity index (χ3v) is 3.63. The molecule has 0 radical (unpaired) electrons. The molecule has 0 aliphatic carbocycles. The van der Waals surface area contributed by atoms with Gasteiger partial charge in [-0.25, -0.2) is 0 Å². The lowest BCUT2D eigenvalue weighted by molar-refractivity contribution is 0.197. The second kappa shape index (κ2) is 8.65. The maximum atomic E-state index is 5.19. The fourth-order valence-corrected chi connectivity index (χ4v) is 2.61. The van der Waals surface area contributed by atoms with Gasteiger partial charge in [-0.15, -0.1) is 0 Å². The first kappa shape index (κ1) is 15.8. The molecule has 0 spiro atoms. The number of nitrogens with one attached hydrogen (secondary N) is 1. The van der Waals surface area contributed by atoms with E-state index in [1.165, 1.54) is 16.7 Å². The summed E-state index contributed by atoms with van der Waals surface area (Å²) in [6, 6.07) is 10.8. The Morgan fingerprint density at radius 3 is 2.76 bits per heavy atom. The van der Waals surface area contributed by atoms with Gasteiger partial charge in [0.05, 0.1) is 19.1 Å². The van der Waals surface area contributed by atoms with Crippen molar-refractivity contribution in [1.82, 2.24) is 5.32 Å². The molecule has 21 heavy (non-hydrogen) atoms. The Bertz CT molecular complexity index is 508. The van der Waals surface area contributed by atoms with E-state index in [1.807, 2.05) is 6.26 Å². The summed E-state index contributed by atoms with van der Waals surface area (Å²) in [6.45, 7) is 4.78. The molecule has 3 heteroatoms. The SMILES string of the molecule is COCCNCC(Cc1ccoc1)Cc1cccc(C)c1. The molecule has 0 saturated carbocycles. The van der Waals surface area contributed by atoms with Crippen molar-refractivity contribution < 1.29 is 9.15 Å². The van der Waals surface area contributed by atoms with Crippen molar-refractivity contribution in [2.45, 2.75) is 19.8 Å². The van der Waals surface area contributed by atoms with E-state index in [-0.39, 0.29) is 0 Å². The molecule has 3 nitrogen and oxygen atoms in total. The van der Waals surface area contributed by atoms with Gasteiger partial charge in [-0.3, -0.25) is 0 Å². The van der Waals surface area contributed by atoms with Gasteiger partial charge in [0.15, 0.2) is 0 Å². The Hall–Kier alpha value is -1.58. The van der Waals surface area contributed by atoms with Crippen LogP contribution < -0.4 is 5.32 Å². The second-order valence-corrected chi connectivity index (χ2v) is 5.59. The largest absolute Gasteiger partial charge is 0.472 e. The summed E-state index contributed by atoms with van der Waals surface area (Å²) in [4.78, 5) is 0. The number of methoxy groups -OCH3 is 1. The third-order valence-electron chi connectivity index (χ3n) is 3.63. The van der Waals surface area contributed by atoms with E-state index in [2.05, 4.69) is 42.6 Å². The van der Waals surface area contributed by atoms with E-state index in [4.69, 9.17) is 9.15 Å². The van der Waals surface area contributed by atoms with Crippen LogP contribution in [0.3, 0.4) is 0 Å². The lowest BCUT2D eigenvalue weighted by Crippen LogP contribution is -2.28. The molecule has 0 saturated heterocycles. The quantitative estimate of drug-likeness (QED) is 0.719. The Labute approximate surface area is 127 Å². The van der Waals surface area contributed by atoms with Crippen molar-refractivity contribution in [3.8, 4) is 0 Å². The lowest BCUT2D eigenvalue weighted by atomic mass is 9.93. The van der Waals surface area contributed by atoms with Crippen LogP contribution in [0.15, 0.2) is 47.3 Å². The monoisotopic (exact) mass is 287 g/mol.